The van der Waals surface area contributed by atoms with Crippen molar-refractivity contribution in [2.24, 2.45) is 11.7 Å². The summed E-state index contributed by atoms with van der Waals surface area (Å²) in [5.41, 5.74) is 5.62. The molecule has 6 heteroatoms. The number of aromatic nitrogens is 2. The SMILES string of the molecule is CCN(CC1CCNCC1)c1nccnc1C(N)=O. The van der Waals surface area contributed by atoms with E-state index in [0.29, 0.717) is 11.7 Å². The third-order valence-corrected chi connectivity index (χ3v) is 3.53. The van der Waals surface area contributed by atoms with Gasteiger partial charge in [-0.05, 0) is 38.8 Å². The van der Waals surface area contributed by atoms with E-state index in [2.05, 4.69) is 27.1 Å². The molecule has 1 aliphatic rings. The number of piperidine rings is 1. The zero-order valence-electron chi connectivity index (χ0n) is 11.3. The van der Waals surface area contributed by atoms with E-state index in [1.54, 1.807) is 6.20 Å². The van der Waals surface area contributed by atoms with E-state index in [1.165, 1.54) is 6.20 Å². The van der Waals surface area contributed by atoms with Crippen molar-refractivity contribution < 1.29 is 4.79 Å². The van der Waals surface area contributed by atoms with E-state index in [4.69, 9.17) is 5.73 Å². The third-order valence-electron chi connectivity index (χ3n) is 3.53. The van der Waals surface area contributed by atoms with Crippen LogP contribution in [0.3, 0.4) is 0 Å². The number of amides is 1. The molecule has 0 unspecified atom stereocenters. The first-order valence-electron chi connectivity index (χ1n) is 6.78. The Kier molecular flexibility index (Phi) is 4.68. The monoisotopic (exact) mass is 263 g/mol. The predicted octanol–water partition coefficient (Wildman–Crippen LogP) is 0.401. The van der Waals surface area contributed by atoms with Crippen LogP contribution in [0.2, 0.25) is 0 Å². The van der Waals surface area contributed by atoms with Crippen molar-refractivity contribution >= 4 is 11.7 Å². The van der Waals surface area contributed by atoms with Crippen LogP contribution in [0.15, 0.2) is 12.4 Å². The third kappa shape index (κ3) is 3.41. The highest BCUT2D eigenvalue weighted by atomic mass is 16.1. The van der Waals surface area contributed by atoms with Gasteiger partial charge in [0.2, 0.25) is 0 Å². The minimum absolute atomic E-state index is 0.262. The van der Waals surface area contributed by atoms with Gasteiger partial charge in [-0.3, -0.25) is 4.79 Å². The normalized spacial score (nSPS) is 16.3. The van der Waals surface area contributed by atoms with Crippen LogP contribution in [0.5, 0.6) is 0 Å². The Balaban J connectivity index is 2.14. The van der Waals surface area contributed by atoms with Gasteiger partial charge in [0.1, 0.15) is 0 Å². The second-order valence-electron chi connectivity index (χ2n) is 4.82. The van der Waals surface area contributed by atoms with Crippen molar-refractivity contribution in [3.05, 3.63) is 18.1 Å². The Morgan fingerprint density at radius 3 is 2.74 bits per heavy atom. The summed E-state index contributed by atoms with van der Waals surface area (Å²) in [5, 5.41) is 3.35. The topological polar surface area (TPSA) is 84.1 Å². The first kappa shape index (κ1) is 13.7. The van der Waals surface area contributed by atoms with Crippen molar-refractivity contribution in [1.82, 2.24) is 15.3 Å². The van der Waals surface area contributed by atoms with E-state index in [1.807, 2.05) is 0 Å². The van der Waals surface area contributed by atoms with Gasteiger partial charge in [0, 0.05) is 25.5 Å². The predicted molar refractivity (Wildman–Crippen MR) is 74.0 cm³/mol. The highest BCUT2D eigenvalue weighted by Gasteiger charge is 2.21. The van der Waals surface area contributed by atoms with Crippen LogP contribution in [0.4, 0.5) is 5.82 Å². The number of nitrogens with two attached hydrogens (primary N) is 1. The van der Waals surface area contributed by atoms with Crippen LogP contribution in [0.1, 0.15) is 30.3 Å². The number of rotatable bonds is 5. The summed E-state index contributed by atoms with van der Waals surface area (Å²) in [6.45, 7) is 5.87. The zero-order valence-corrected chi connectivity index (χ0v) is 11.3. The Hall–Kier alpha value is -1.69. The lowest BCUT2D eigenvalue weighted by Crippen LogP contribution is -2.37. The molecule has 0 radical (unpaired) electrons. The lowest BCUT2D eigenvalue weighted by Gasteiger charge is -2.30. The molecule has 0 atom stereocenters. The molecule has 1 aromatic rings. The summed E-state index contributed by atoms with van der Waals surface area (Å²) in [5.74, 6) is 0.715. The minimum atomic E-state index is -0.521. The number of carbonyl (C=O) groups is 1. The lowest BCUT2D eigenvalue weighted by atomic mass is 9.97. The van der Waals surface area contributed by atoms with Gasteiger partial charge in [0.15, 0.2) is 11.5 Å². The Morgan fingerprint density at radius 1 is 1.42 bits per heavy atom. The van der Waals surface area contributed by atoms with Crippen LogP contribution in [-0.4, -0.2) is 42.1 Å². The van der Waals surface area contributed by atoms with Crippen LogP contribution in [0.25, 0.3) is 0 Å². The molecule has 0 saturated carbocycles. The largest absolute Gasteiger partial charge is 0.364 e. The van der Waals surface area contributed by atoms with E-state index in [0.717, 1.165) is 39.0 Å². The lowest BCUT2D eigenvalue weighted by molar-refractivity contribution is 0.0995. The molecule has 3 N–H and O–H groups in total. The molecular weight excluding hydrogens is 242 g/mol. The molecule has 6 nitrogen and oxygen atoms in total. The molecule has 19 heavy (non-hydrogen) atoms. The van der Waals surface area contributed by atoms with E-state index < -0.39 is 5.91 Å². The van der Waals surface area contributed by atoms with E-state index in [9.17, 15) is 4.79 Å². The second-order valence-corrected chi connectivity index (χ2v) is 4.82. The van der Waals surface area contributed by atoms with Gasteiger partial charge >= 0.3 is 0 Å². The maximum atomic E-state index is 11.4. The molecule has 0 aromatic carbocycles. The summed E-state index contributed by atoms with van der Waals surface area (Å²) in [6.07, 6.45) is 5.42. The summed E-state index contributed by atoms with van der Waals surface area (Å²) in [6, 6.07) is 0. The quantitative estimate of drug-likeness (QED) is 0.803. The van der Waals surface area contributed by atoms with Gasteiger partial charge in [-0.2, -0.15) is 0 Å². The number of hydrogen-bond acceptors (Lipinski definition) is 5. The Bertz CT molecular complexity index is 431. The molecule has 2 heterocycles. The van der Waals surface area contributed by atoms with Crippen LogP contribution in [0, 0.1) is 5.92 Å². The minimum Gasteiger partial charge on any atom is -0.364 e. The van der Waals surface area contributed by atoms with Crippen molar-refractivity contribution in [3.63, 3.8) is 0 Å². The summed E-state index contributed by atoms with van der Waals surface area (Å²) in [7, 11) is 0. The van der Waals surface area contributed by atoms with Crippen LogP contribution < -0.4 is 16.0 Å². The summed E-state index contributed by atoms with van der Waals surface area (Å²) < 4.78 is 0. The van der Waals surface area contributed by atoms with Crippen LogP contribution in [-0.2, 0) is 0 Å². The average Bonchev–Trinajstić information content (AvgIpc) is 2.46. The fraction of sp³-hybridized carbons (Fsp3) is 0.615. The highest BCUT2D eigenvalue weighted by Crippen LogP contribution is 2.19. The fourth-order valence-corrected chi connectivity index (χ4v) is 2.48. The molecule has 0 bridgehead atoms. The average molecular weight is 263 g/mol. The molecule has 1 aromatic heterocycles. The summed E-state index contributed by atoms with van der Waals surface area (Å²) in [4.78, 5) is 21.9. The van der Waals surface area contributed by atoms with Crippen molar-refractivity contribution in [2.75, 3.05) is 31.1 Å². The van der Waals surface area contributed by atoms with Gasteiger partial charge in [-0.25, -0.2) is 9.97 Å². The maximum Gasteiger partial charge on any atom is 0.271 e. The zero-order chi connectivity index (χ0) is 13.7. The van der Waals surface area contributed by atoms with Crippen molar-refractivity contribution in [1.29, 1.82) is 0 Å². The number of anilines is 1. The van der Waals surface area contributed by atoms with Gasteiger partial charge in [-0.1, -0.05) is 0 Å². The number of hydrogen-bond donors (Lipinski definition) is 2. The maximum absolute atomic E-state index is 11.4. The van der Waals surface area contributed by atoms with Gasteiger partial charge in [0.05, 0.1) is 0 Å². The Morgan fingerprint density at radius 2 is 2.11 bits per heavy atom. The molecule has 1 fully saturated rings. The first-order chi connectivity index (χ1) is 9.22. The molecule has 2 rings (SSSR count). The van der Waals surface area contributed by atoms with E-state index in [-0.39, 0.29) is 5.69 Å². The molecule has 1 saturated heterocycles. The molecule has 1 aliphatic heterocycles. The molecular formula is C13H21N5O. The van der Waals surface area contributed by atoms with Crippen molar-refractivity contribution in [3.8, 4) is 0 Å². The molecule has 1 amide bonds. The van der Waals surface area contributed by atoms with Gasteiger partial charge in [-0.15, -0.1) is 0 Å². The molecule has 104 valence electrons. The van der Waals surface area contributed by atoms with E-state index >= 15 is 0 Å². The first-order valence-corrected chi connectivity index (χ1v) is 6.78. The van der Waals surface area contributed by atoms with Gasteiger partial charge < -0.3 is 16.0 Å². The van der Waals surface area contributed by atoms with Gasteiger partial charge in [0.25, 0.3) is 5.91 Å². The fourth-order valence-electron chi connectivity index (χ4n) is 2.48. The second kappa shape index (κ2) is 6.47. The number of nitrogens with one attached hydrogen (secondary N) is 1. The summed E-state index contributed by atoms with van der Waals surface area (Å²) >= 11 is 0. The molecule has 0 aliphatic carbocycles. The smallest absolute Gasteiger partial charge is 0.271 e. The standard InChI is InChI=1S/C13H21N5O/c1-2-18(9-10-3-5-15-6-4-10)13-11(12(14)19)16-7-8-17-13/h7-8,10,15H,2-6,9H2,1H3,(H2,14,19). The van der Waals surface area contributed by atoms with Crippen molar-refractivity contribution in [2.45, 2.75) is 19.8 Å². The van der Waals surface area contributed by atoms with Crippen LogP contribution >= 0.6 is 0 Å². The number of nitrogens with zero attached hydrogens (tertiary/aromatic N) is 3. The Labute approximate surface area is 113 Å². The highest BCUT2D eigenvalue weighted by molar-refractivity contribution is 5.95. The number of carbonyl (C=O) groups excluding carboxylic acids is 1. The number of primary amides is 1. The molecule has 0 spiro atoms.